The molecule has 3 heterocycles. The van der Waals surface area contributed by atoms with Crippen LogP contribution in [-0.4, -0.2) is 24.8 Å². The first kappa shape index (κ1) is 14.2. The van der Waals surface area contributed by atoms with Gasteiger partial charge in [0.15, 0.2) is 23.2 Å². The fourth-order valence-electron chi connectivity index (χ4n) is 2.54. The van der Waals surface area contributed by atoms with Crippen LogP contribution in [-0.2, 0) is 6.54 Å². The number of nitrogen functional groups attached to an aromatic ring is 1. The Morgan fingerprint density at radius 2 is 1.92 bits per heavy atom. The number of fused-ring (bicyclic) bond motifs is 1. The zero-order valence-corrected chi connectivity index (χ0v) is 12.1. The first-order valence-corrected chi connectivity index (χ1v) is 6.96. The number of nitrogens with two attached hydrogens (primary N) is 1. The quantitative estimate of drug-likeness (QED) is 0.620. The summed E-state index contributed by atoms with van der Waals surface area (Å²) in [6.07, 6.45) is 3.24. The van der Waals surface area contributed by atoms with Crippen molar-refractivity contribution in [3.63, 3.8) is 0 Å². The Hall–Kier alpha value is -3.36. The minimum absolute atomic E-state index is 0.0159. The molecular formula is C15H10F2N6O. The summed E-state index contributed by atoms with van der Waals surface area (Å²) in [5, 5.41) is 7.22. The molecule has 0 aliphatic rings. The van der Waals surface area contributed by atoms with Gasteiger partial charge >= 0.3 is 0 Å². The van der Waals surface area contributed by atoms with Crippen molar-refractivity contribution in [1.29, 1.82) is 0 Å². The number of aromatic nitrogens is 5. The molecule has 0 bridgehead atoms. The van der Waals surface area contributed by atoms with Gasteiger partial charge in [-0.05, 0) is 28.0 Å². The number of imidazole rings is 1. The smallest absolute Gasteiger partial charge is 0.199 e. The molecule has 0 unspecified atom stereocenters. The normalized spacial score (nSPS) is 11.2. The lowest BCUT2D eigenvalue weighted by Crippen LogP contribution is -2.05. The third-order valence-corrected chi connectivity index (χ3v) is 3.58. The van der Waals surface area contributed by atoms with Crippen molar-refractivity contribution in [2.24, 2.45) is 0 Å². The average molecular weight is 328 g/mol. The molecule has 0 fully saturated rings. The van der Waals surface area contributed by atoms with E-state index in [0.717, 1.165) is 17.7 Å². The lowest BCUT2D eigenvalue weighted by Gasteiger charge is -2.08. The first-order chi connectivity index (χ1) is 11.6. The average Bonchev–Trinajstić information content (AvgIpc) is 3.12. The Kier molecular flexibility index (Phi) is 3.19. The standard InChI is InChI=1S/C15H10F2N6O/c16-9-5-10(17)13-11(6-9)20-15(12-14(18)22-24-21-12)23(13)7-8-1-3-19-4-2-8/h1-6H,7H2,(H2,18,22). The monoisotopic (exact) mass is 328 g/mol. The number of halogens is 2. The maximum Gasteiger partial charge on any atom is 0.199 e. The van der Waals surface area contributed by atoms with E-state index >= 15 is 0 Å². The summed E-state index contributed by atoms with van der Waals surface area (Å²) < 4.78 is 34.0. The van der Waals surface area contributed by atoms with Gasteiger partial charge < -0.3 is 10.3 Å². The van der Waals surface area contributed by atoms with E-state index in [1.165, 1.54) is 0 Å². The Bertz CT molecular complexity index is 1030. The molecule has 3 aromatic heterocycles. The highest BCUT2D eigenvalue weighted by atomic mass is 19.1. The minimum atomic E-state index is -0.729. The number of pyridine rings is 1. The van der Waals surface area contributed by atoms with E-state index in [1.807, 2.05) is 0 Å². The van der Waals surface area contributed by atoms with E-state index in [1.54, 1.807) is 29.1 Å². The highest BCUT2D eigenvalue weighted by molar-refractivity contribution is 5.82. The minimum Gasteiger partial charge on any atom is -0.379 e. The van der Waals surface area contributed by atoms with Crippen molar-refractivity contribution in [2.75, 3.05) is 5.73 Å². The Labute approximate surface area is 133 Å². The van der Waals surface area contributed by atoms with Crippen LogP contribution >= 0.6 is 0 Å². The lowest BCUT2D eigenvalue weighted by atomic mass is 10.2. The van der Waals surface area contributed by atoms with Crippen molar-refractivity contribution in [3.05, 3.63) is 53.9 Å². The van der Waals surface area contributed by atoms with Crippen LogP contribution in [0.1, 0.15) is 5.56 Å². The van der Waals surface area contributed by atoms with Gasteiger partial charge in [-0.1, -0.05) is 0 Å². The SMILES string of the molecule is Nc1nonc1-c1nc2cc(F)cc(F)c2n1Cc1ccncc1. The maximum atomic E-state index is 14.4. The number of benzene rings is 1. The fraction of sp³-hybridized carbons (Fsp3) is 0.0667. The summed E-state index contributed by atoms with van der Waals surface area (Å²) in [7, 11) is 0. The van der Waals surface area contributed by atoms with Crippen molar-refractivity contribution in [1.82, 2.24) is 24.8 Å². The summed E-state index contributed by atoms with van der Waals surface area (Å²) in [6, 6.07) is 5.51. The third-order valence-electron chi connectivity index (χ3n) is 3.58. The molecule has 2 N–H and O–H groups in total. The second kappa shape index (κ2) is 5.37. The molecule has 24 heavy (non-hydrogen) atoms. The van der Waals surface area contributed by atoms with Gasteiger partial charge in [-0.2, -0.15) is 0 Å². The molecule has 0 saturated heterocycles. The zero-order valence-electron chi connectivity index (χ0n) is 12.1. The maximum absolute atomic E-state index is 14.4. The summed E-state index contributed by atoms with van der Waals surface area (Å²) in [5.41, 5.74) is 7.04. The van der Waals surface area contributed by atoms with Crippen molar-refractivity contribution in [2.45, 2.75) is 6.54 Å². The molecule has 0 aliphatic carbocycles. The summed E-state index contributed by atoms with van der Waals surface area (Å²) in [6.45, 7) is 0.267. The van der Waals surface area contributed by atoms with Crippen molar-refractivity contribution >= 4 is 16.9 Å². The van der Waals surface area contributed by atoms with E-state index in [2.05, 4.69) is 24.9 Å². The van der Waals surface area contributed by atoms with E-state index in [4.69, 9.17) is 5.73 Å². The molecular weight excluding hydrogens is 318 g/mol. The second-order valence-electron chi connectivity index (χ2n) is 5.13. The van der Waals surface area contributed by atoms with Crippen LogP contribution < -0.4 is 5.73 Å². The Balaban J connectivity index is 1.99. The van der Waals surface area contributed by atoms with E-state index < -0.39 is 11.6 Å². The van der Waals surface area contributed by atoms with Crippen LogP contribution in [0, 0.1) is 11.6 Å². The summed E-state index contributed by atoms with van der Waals surface area (Å²) in [5.74, 6) is -1.19. The van der Waals surface area contributed by atoms with E-state index in [0.29, 0.717) is 0 Å². The number of hydrogen-bond donors (Lipinski definition) is 1. The zero-order chi connectivity index (χ0) is 16.7. The van der Waals surface area contributed by atoms with Crippen LogP contribution in [0.5, 0.6) is 0 Å². The summed E-state index contributed by atoms with van der Waals surface area (Å²) in [4.78, 5) is 8.21. The summed E-state index contributed by atoms with van der Waals surface area (Å²) >= 11 is 0. The third kappa shape index (κ3) is 2.26. The highest BCUT2D eigenvalue weighted by Crippen LogP contribution is 2.29. The Morgan fingerprint density at radius 3 is 2.62 bits per heavy atom. The second-order valence-corrected chi connectivity index (χ2v) is 5.13. The molecule has 9 heteroatoms. The largest absolute Gasteiger partial charge is 0.379 e. The van der Waals surface area contributed by atoms with Gasteiger partial charge in [-0.15, -0.1) is 0 Å². The van der Waals surface area contributed by atoms with Crippen LogP contribution in [0.3, 0.4) is 0 Å². The van der Waals surface area contributed by atoms with Gasteiger partial charge in [0.2, 0.25) is 0 Å². The molecule has 0 aliphatic heterocycles. The fourth-order valence-corrected chi connectivity index (χ4v) is 2.54. The topological polar surface area (TPSA) is 95.6 Å². The van der Waals surface area contributed by atoms with Crippen LogP contribution in [0.4, 0.5) is 14.6 Å². The number of nitrogens with zero attached hydrogens (tertiary/aromatic N) is 5. The van der Waals surface area contributed by atoms with Gasteiger partial charge in [0.05, 0.1) is 5.52 Å². The molecule has 0 saturated carbocycles. The van der Waals surface area contributed by atoms with Crippen LogP contribution in [0.25, 0.3) is 22.6 Å². The molecule has 0 amide bonds. The van der Waals surface area contributed by atoms with Crippen LogP contribution in [0.2, 0.25) is 0 Å². The first-order valence-electron chi connectivity index (χ1n) is 6.96. The molecule has 120 valence electrons. The number of hydrogen-bond acceptors (Lipinski definition) is 6. The molecule has 0 spiro atoms. The van der Waals surface area contributed by atoms with E-state index in [9.17, 15) is 8.78 Å². The highest BCUT2D eigenvalue weighted by Gasteiger charge is 2.22. The number of rotatable bonds is 3. The molecule has 4 rings (SSSR count). The van der Waals surface area contributed by atoms with E-state index in [-0.39, 0.29) is 34.9 Å². The molecule has 4 aromatic rings. The molecule has 0 atom stereocenters. The molecule has 7 nitrogen and oxygen atoms in total. The van der Waals surface area contributed by atoms with Crippen LogP contribution in [0.15, 0.2) is 41.3 Å². The van der Waals surface area contributed by atoms with Gasteiger partial charge in [0, 0.05) is 31.1 Å². The number of anilines is 1. The van der Waals surface area contributed by atoms with Gasteiger partial charge in [-0.25, -0.2) is 18.4 Å². The predicted octanol–water partition coefficient (Wildman–Crippen LogP) is 2.39. The van der Waals surface area contributed by atoms with Gasteiger partial charge in [0.1, 0.15) is 11.3 Å². The van der Waals surface area contributed by atoms with Crippen molar-refractivity contribution in [3.8, 4) is 11.5 Å². The molecule has 1 aromatic carbocycles. The van der Waals surface area contributed by atoms with Crippen molar-refractivity contribution < 1.29 is 13.4 Å². The van der Waals surface area contributed by atoms with Gasteiger partial charge in [0.25, 0.3) is 0 Å². The molecule has 0 radical (unpaired) electrons. The predicted molar refractivity (Wildman–Crippen MR) is 80.7 cm³/mol. The Morgan fingerprint density at radius 1 is 1.12 bits per heavy atom. The lowest BCUT2D eigenvalue weighted by molar-refractivity contribution is 0.310. The van der Waals surface area contributed by atoms with Gasteiger partial charge in [-0.3, -0.25) is 4.98 Å².